The quantitative estimate of drug-likeness (QED) is 0.495. The first-order valence-electron chi connectivity index (χ1n) is 10.5. The van der Waals surface area contributed by atoms with Crippen molar-refractivity contribution < 1.29 is 14.5 Å². The number of hydrogen-bond donors (Lipinski definition) is 2. The van der Waals surface area contributed by atoms with Crippen LogP contribution < -0.4 is 10.2 Å². The van der Waals surface area contributed by atoms with E-state index in [0.29, 0.717) is 18.7 Å². The lowest BCUT2D eigenvalue weighted by Gasteiger charge is -2.32. The van der Waals surface area contributed by atoms with Gasteiger partial charge in [-0.1, -0.05) is 52.4 Å². The Hall–Kier alpha value is -1.10. The Morgan fingerprint density at radius 1 is 0.880 bits per heavy atom. The SMILES string of the molecule is CCCCCCC(=O)NCC[NH+]1CCN(C(=O)CCCCCC)CC1. The van der Waals surface area contributed by atoms with Gasteiger partial charge in [-0.3, -0.25) is 9.59 Å². The summed E-state index contributed by atoms with van der Waals surface area (Å²) < 4.78 is 0. The molecule has 1 heterocycles. The van der Waals surface area contributed by atoms with Gasteiger partial charge < -0.3 is 15.1 Å². The minimum atomic E-state index is 0.191. The summed E-state index contributed by atoms with van der Waals surface area (Å²) >= 11 is 0. The molecular formula is C20H40N3O2+. The summed E-state index contributed by atoms with van der Waals surface area (Å²) in [5, 5.41) is 3.04. The summed E-state index contributed by atoms with van der Waals surface area (Å²) in [6.07, 6.45) is 10.6. The monoisotopic (exact) mass is 354 g/mol. The van der Waals surface area contributed by atoms with Crippen LogP contribution in [0.3, 0.4) is 0 Å². The van der Waals surface area contributed by atoms with E-state index in [1.807, 2.05) is 4.90 Å². The van der Waals surface area contributed by atoms with Gasteiger partial charge >= 0.3 is 0 Å². The normalized spacial score (nSPS) is 15.4. The van der Waals surface area contributed by atoms with Crippen LogP contribution in [-0.4, -0.2) is 56.0 Å². The Morgan fingerprint density at radius 2 is 1.48 bits per heavy atom. The number of rotatable bonds is 13. The molecule has 0 radical (unpaired) electrons. The molecule has 0 aromatic heterocycles. The highest BCUT2D eigenvalue weighted by atomic mass is 16.2. The van der Waals surface area contributed by atoms with Gasteiger partial charge in [0, 0.05) is 12.8 Å². The van der Waals surface area contributed by atoms with Crippen molar-refractivity contribution in [3.8, 4) is 0 Å². The Labute approximate surface area is 154 Å². The Morgan fingerprint density at radius 3 is 2.08 bits per heavy atom. The number of piperazine rings is 1. The maximum atomic E-state index is 12.2. The molecule has 0 aliphatic carbocycles. The average molecular weight is 355 g/mol. The van der Waals surface area contributed by atoms with Crippen molar-refractivity contribution in [1.82, 2.24) is 10.2 Å². The number of nitrogens with zero attached hydrogens (tertiary/aromatic N) is 1. The highest BCUT2D eigenvalue weighted by Crippen LogP contribution is 2.05. The third kappa shape index (κ3) is 10.5. The number of carbonyl (C=O) groups is 2. The van der Waals surface area contributed by atoms with E-state index in [1.54, 1.807) is 0 Å². The van der Waals surface area contributed by atoms with Gasteiger partial charge in [-0.25, -0.2) is 0 Å². The number of quaternary nitrogens is 1. The lowest BCUT2D eigenvalue weighted by atomic mass is 10.1. The molecule has 2 amide bonds. The van der Waals surface area contributed by atoms with Crippen LogP contribution in [0.25, 0.3) is 0 Å². The van der Waals surface area contributed by atoms with Gasteiger partial charge in [0.15, 0.2) is 0 Å². The number of amides is 2. The second-order valence-electron chi connectivity index (χ2n) is 7.35. The van der Waals surface area contributed by atoms with Crippen LogP contribution in [0.15, 0.2) is 0 Å². The first-order chi connectivity index (χ1) is 12.2. The molecule has 25 heavy (non-hydrogen) atoms. The van der Waals surface area contributed by atoms with Crippen molar-refractivity contribution >= 4 is 11.8 Å². The van der Waals surface area contributed by atoms with Gasteiger partial charge in [-0.2, -0.15) is 0 Å². The predicted octanol–water partition coefficient (Wildman–Crippen LogP) is 1.77. The van der Waals surface area contributed by atoms with Gasteiger partial charge in [0.1, 0.15) is 0 Å². The average Bonchev–Trinajstić information content (AvgIpc) is 2.63. The summed E-state index contributed by atoms with van der Waals surface area (Å²) in [6, 6.07) is 0. The number of carbonyl (C=O) groups excluding carboxylic acids is 2. The van der Waals surface area contributed by atoms with Crippen molar-refractivity contribution in [2.75, 3.05) is 39.3 Å². The molecule has 1 fully saturated rings. The molecule has 1 aliphatic rings. The van der Waals surface area contributed by atoms with E-state index >= 15 is 0 Å². The lowest BCUT2D eigenvalue weighted by molar-refractivity contribution is -0.902. The first-order valence-corrected chi connectivity index (χ1v) is 10.5. The summed E-state index contributed by atoms with van der Waals surface area (Å²) in [7, 11) is 0. The molecule has 2 N–H and O–H groups in total. The van der Waals surface area contributed by atoms with Crippen LogP contribution in [0.4, 0.5) is 0 Å². The fourth-order valence-electron chi connectivity index (χ4n) is 3.36. The topological polar surface area (TPSA) is 53.9 Å². The minimum Gasteiger partial charge on any atom is -0.350 e. The van der Waals surface area contributed by atoms with E-state index in [2.05, 4.69) is 19.2 Å². The number of hydrogen-bond acceptors (Lipinski definition) is 2. The van der Waals surface area contributed by atoms with Gasteiger partial charge in [0.05, 0.1) is 39.3 Å². The Kier molecular flexibility index (Phi) is 12.4. The highest BCUT2D eigenvalue weighted by molar-refractivity contribution is 5.76. The van der Waals surface area contributed by atoms with Crippen molar-refractivity contribution in [2.45, 2.75) is 78.1 Å². The van der Waals surface area contributed by atoms with Crippen LogP contribution in [0, 0.1) is 0 Å². The predicted molar refractivity (Wildman–Crippen MR) is 103 cm³/mol. The molecule has 0 spiro atoms. The van der Waals surface area contributed by atoms with E-state index in [1.165, 1.54) is 37.0 Å². The second-order valence-corrected chi connectivity index (χ2v) is 7.35. The molecule has 0 bridgehead atoms. The summed E-state index contributed by atoms with van der Waals surface area (Å²) in [6.45, 7) is 9.85. The smallest absolute Gasteiger partial charge is 0.222 e. The van der Waals surface area contributed by atoms with Crippen LogP contribution in [0.5, 0.6) is 0 Å². The van der Waals surface area contributed by atoms with E-state index in [4.69, 9.17) is 0 Å². The molecule has 0 unspecified atom stereocenters. The van der Waals surface area contributed by atoms with Gasteiger partial charge in [-0.15, -0.1) is 0 Å². The van der Waals surface area contributed by atoms with Crippen LogP contribution in [0.2, 0.25) is 0 Å². The maximum Gasteiger partial charge on any atom is 0.222 e. The van der Waals surface area contributed by atoms with Crippen molar-refractivity contribution in [2.24, 2.45) is 0 Å². The molecule has 1 saturated heterocycles. The fourth-order valence-corrected chi connectivity index (χ4v) is 3.36. The summed E-state index contributed by atoms with van der Waals surface area (Å²) in [4.78, 5) is 27.5. The zero-order chi connectivity index (χ0) is 18.3. The first kappa shape index (κ1) is 21.9. The zero-order valence-corrected chi connectivity index (χ0v) is 16.6. The Bertz CT molecular complexity index is 363. The van der Waals surface area contributed by atoms with E-state index in [0.717, 1.165) is 58.5 Å². The fraction of sp³-hybridized carbons (Fsp3) is 0.900. The van der Waals surface area contributed by atoms with Crippen molar-refractivity contribution in [3.63, 3.8) is 0 Å². The molecule has 5 heteroatoms. The molecule has 0 atom stereocenters. The molecule has 146 valence electrons. The standard InChI is InChI=1S/C20H39N3O2/c1-3-5-7-9-11-19(24)21-13-14-22-15-17-23(18-16-22)20(25)12-10-8-6-4-2/h3-18H2,1-2H3,(H,21,24)/p+1. The molecule has 5 nitrogen and oxygen atoms in total. The van der Waals surface area contributed by atoms with Crippen LogP contribution >= 0.6 is 0 Å². The zero-order valence-electron chi connectivity index (χ0n) is 16.6. The molecule has 0 saturated carbocycles. The second kappa shape index (κ2) is 14.1. The van der Waals surface area contributed by atoms with E-state index in [9.17, 15) is 9.59 Å². The lowest BCUT2D eigenvalue weighted by Crippen LogP contribution is -3.15. The van der Waals surface area contributed by atoms with Gasteiger partial charge in [0.2, 0.25) is 11.8 Å². The van der Waals surface area contributed by atoms with E-state index < -0.39 is 0 Å². The molecule has 1 rings (SSSR count). The molecular weight excluding hydrogens is 314 g/mol. The number of unbranched alkanes of at least 4 members (excludes halogenated alkanes) is 6. The minimum absolute atomic E-state index is 0.191. The molecule has 0 aromatic rings. The van der Waals surface area contributed by atoms with Crippen molar-refractivity contribution in [3.05, 3.63) is 0 Å². The Balaban J connectivity index is 2.04. The number of nitrogens with one attached hydrogen (secondary N) is 2. The van der Waals surface area contributed by atoms with E-state index in [-0.39, 0.29) is 5.91 Å². The third-order valence-electron chi connectivity index (χ3n) is 5.13. The van der Waals surface area contributed by atoms with Crippen molar-refractivity contribution in [1.29, 1.82) is 0 Å². The summed E-state index contributed by atoms with van der Waals surface area (Å²) in [5.41, 5.74) is 0. The third-order valence-corrected chi connectivity index (χ3v) is 5.13. The van der Waals surface area contributed by atoms with Crippen LogP contribution in [0.1, 0.15) is 78.1 Å². The largest absolute Gasteiger partial charge is 0.350 e. The molecule has 1 aliphatic heterocycles. The summed E-state index contributed by atoms with van der Waals surface area (Å²) in [5.74, 6) is 0.520. The van der Waals surface area contributed by atoms with Gasteiger partial charge in [0.25, 0.3) is 0 Å². The van der Waals surface area contributed by atoms with Gasteiger partial charge in [-0.05, 0) is 12.8 Å². The molecule has 0 aromatic carbocycles. The van der Waals surface area contributed by atoms with Crippen LogP contribution in [-0.2, 0) is 9.59 Å². The maximum absolute atomic E-state index is 12.2. The highest BCUT2D eigenvalue weighted by Gasteiger charge is 2.22.